The zero-order valence-corrected chi connectivity index (χ0v) is 15.7. The van der Waals surface area contributed by atoms with E-state index in [0.717, 1.165) is 38.0 Å². The van der Waals surface area contributed by atoms with Crippen molar-refractivity contribution in [3.63, 3.8) is 0 Å². The van der Waals surface area contributed by atoms with E-state index < -0.39 is 11.6 Å². The van der Waals surface area contributed by atoms with Crippen LogP contribution in [0.4, 0.5) is 9.18 Å². The molecule has 0 aliphatic carbocycles. The fourth-order valence-corrected chi connectivity index (χ4v) is 4.09. The van der Waals surface area contributed by atoms with Gasteiger partial charge in [0.25, 0.3) is 0 Å². The molecule has 2 aromatic rings. The molecule has 1 aromatic heterocycles. The van der Waals surface area contributed by atoms with Gasteiger partial charge in [0, 0.05) is 17.7 Å². The zero-order chi connectivity index (χ0) is 19.0. The first-order valence-electron chi connectivity index (χ1n) is 9.46. The van der Waals surface area contributed by atoms with E-state index in [0.29, 0.717) is 17.0 Å². The summed E-state index contributed by atoms with van der Waals surface area (Å²) in [5.74, 6) is 0.133. The van der Waals surface area contributed by atoms with Crippen LogP contribution in [0.1, 0.15) is 32.3 Å². The summed E-state index contributed by atoms with van der Waals surface area (Å²) in [5.41, 5.74) is 1.21. The van der Waals surface area contributed by atoms with E-state index >= 15 is 0 Å². The van der Waals surface area contributed by atoms with E-state index in [1.54, 1.807) is 18.2 Å². The Hall–Kier alpha value is -2.34. The third-order valence-corrected chi connectivity index (χ3v) is 5.79. The van der Waals surface area contributed by atoms with Gasteiger partial charge in [0.15, 0.2) is 0 Å². The highest BCUT2D eigenvalue weighted by molar-refractivity contribution is 5.70. The van der Waals surface area contributed by atoms with Crippen LogP contribution in [-0.2, 0) is 10.3 Å². The Morgan fingerprint density at radius 1 is 1.30 bits per heavy atom. The van der Waals surface area contributed by atoms with Gasteiger partial charge in [-0.25, -0.2) is 9.18 Å². The second-order valence-corrected chi connectivity index (χ2v) is 8.04. The first kappa shape index (κ1) is 18.0. The molecule has 6 heteroatoms. The first-order valence-corrected chi connectivity index (χ1v) is 9.46. The van der Waals surface area contributed by atoms with Crippen LogP contribution >= 0.6 is 0 Å². The number of piperidine rings is 3. The van der Waals surface area contributed by atoms with E-state index in [-0.39, 0.29) is 11.9 Å². The molecule has 1 N–H and O–H groups in total. The lowest BCUT2D eigenvalue weighted by Crippen LogP contribution is -2.53. The van der Waals surface area contributed by atoms with E-state index in [4.69, 9.17) is 9.15 Å². The molecule has 3 saturated heterocycles. The van der Waals surface area contributed by atoms with Crippen molar-refractivity contribution in [1.82, 2.24) is 10.2 Å². The van der Waals surface area contributed by atoms with Crippen LogP contribution in [0.2, 0.25) is 0 Å². The van der Waals surface area contributed by atoms with Crippen molar-refractivity contribution >= 4 is 6.09 Å². The summed E-state index contributed by atoms with van der Waals surface area (Å²) in [6, 6.07) is 6.56. The number of alkyl carbamates (subject to hydrolysis) is 1. The van der Waals surface area contributed by atoms with Crippen LogP contribution < -0.4 is 5.32 Å². The average molecular weight is 372 g/mol. The number of hydrogen-bond donors (Lipinski definition) is 1. The number of carbonyl (C=O) groups is 1. The minimum atomic E-state index is -0.697. The fourth-order valence-electron chi connectivity index (χ4n) is 4.09. The van der Waals surface area contributed by atoms with Crippen molar-refractivity contribution in [2.24, 2.45) is 5.92 Å². The predicted octanol–water partition coefficient (Wildman–Crippen LogP) is 4.14. The molecule has 2 bridgehead atoms. The molecule has 5 rings (SSSR count). The highest BCUT2D eigenvalue weighted by Crippen LogP contribution is 2.31. The summed E-state index contributed by atoms with van der Waals surface area (Å²) in [7, 11) is 0. The van der Waals surface area contributed by atoms with E-state index in [1.165, 1.54) is 18.6 Å². The predicted molar refractivity (Wildman–Crippen MR) is 99.7 cm³/mol. The third kappa shape index (κ3) is 3.72. The van der Waals surface area contributed by atoms with Gasteiger partial charge in [-0.05, 0) is 69.5 Å². The second kappa shape index (κ2) is 7.00. The smallest absolute Gasteiger partial charge is 0.408 e. The number of amides is 1. The lowest BCUT2D eigenvalue weighted by Gasteiger charge is -2.44. The standard InChI is InChI=1S/C21H25FN2O3/c1-21(2,16-3-4-18(22)17(11-16)15-7-10-26-13-15)23-20(25)27-19-12-24-8-5-14(19)6-9-24/h3-4,7,10-11,13-14,19H,5-6,8-9,12H2,1-2H3,(H,23,25). The van der Waals surface area contributed by atoms with Crippen molar-refractivity contribution in [3.05, 3.63) is 48.2 Å². The number of rotatable bonds is 4. The highest BCUT2D eigenvalue weighted by atomic mass is 19.1. The number of hydrogen-bond acceptors (Lipinski definition) is 4. The largest absolute Gasteiger partial charge is 0.472 e. The topological polar surface area (TPSA) is 54.7 Å². The van der Waals surface area contributed by atoms with E-state index in [9.17, 15) is 9.18 Å². The van der Waals surface area contributed by atoms with Crippen molar-refractivity contribution in [3.8, 4) is 11.1 Å². The number of fused-ring (bicyclic) bond motifs is 3. The van der Waals surface area contributed by atoms with Gasteiger partial charge in [-0.15, -0.1) is 0 Å². The van der Waals surface area contributed by atoms with Crippen LogP contribution in [0.3, 0.4) is 0 Å². The molecule has 144 valence electrons. The second-order valence-electron chi connectivity index (χ2n) is 8.04. The molecule has 27 heavy (non-hydrogen) atoms. The van der Waals surface area contributed by atoms with Gasteiger partial charge < -0.3 is 14.5 Å². The SMILES string of the molecule is CC(C)(NC(=O)OC1CN2CCC1CC2)c1ccc(F)c(-c2ccoc2)c1. The van der Waals surface area contributed by atoms with Crippen molar-refractivity contribution < 1.29 is 18.3 Å². The fraction of sp³-hybridized carbons (Fsp3) is 0.476. The Kier molecular flexibility index (Phi) is 4.68. The van der Waals surface area contributed by atoms with Gasteiger partial charge in [0.05, 0.1) is 18.1 Å². The van der Waals surface area contributed by atoms with E-state index in [1.807, 2.05) is 13.8 Å². The summed E-state index contributed by atoms with van der Waals surface area (Å²) in [6.45, 7) is 6.79. The van der Waals surface area contributed by atoms with Gasteiger partial charge in [-0.2, -0.15) is 0 Å². The number of carbonyl (C=O) groups excluding carboxylic acids is 1. The normalized spacial score (nSPS) is 24.6. The van der Waals surface area contributed by atoms with Crippen molar-refractivity contribution in [2.45, 2.75) is 38.3 Å². The summed E-state index contributed by atoms with van der Waals surface area (Å²) < 4.78 is 25.0. The molecule has 1 atom stereocenters. The lowest BCUT2D eigenvalue weighted by molar-refractivity contribution is -0.0349. The number of ether oxygens (including phenoxy) is 1. The van der Waals surface area contributed by atoms with Crippen molar-refractivity contribution in [1.29, 1.82) is 0 Å². The summed E-state index contributed by atoms with van der Waals surface area (Å²) in [6.07, 6.45) is 4.73. The number of benzene rings is 1. The number of halogens is 1. The molecular formula is C21H25FN2O3. The maximum Gasteiger partial charge on any atom is 0.408 e. The molecule has 1 unspecified atom stereocenters. The molecular weight excluding hydrogens is 347 g/mol. The minimum Gasteiger partial charge on any atom is -0.472 e. The van der Waals surface area contributed by atoms with Gasteiger partial charge in [0.1, 0.15) is 11.9 Å². The molecule has 1 amide bonds. The van der Waals surface area contributed by atoms with Crippen LogP contribution in [0, 0.1) is 11.7 Å². The molecule has 3 fully saturated rings. The number of nitrogens with one attached hydrogen (secondary N) is 1. The maximum atomic E-state index is 14.2. The molecule has 5 nitrogen and oxygen atoms in total. The van der Waals surface area contributed by atoms with E-state index in [2.05, 4.69) is 10.2 Å². The van der Waals surface area contributed by atoms with Gasteiger partial charge in [-0.1, -0.05) is 6.07 Å². The zero-order valence-electron chi connectivity index (χ0n) is 15.7. The third-order valence-electron chi connectivity index (χ3n) is 5.79. The monoisotopic (exact) mass is 372 g/mol. The Morgan fingerprint density at radius 3 is 2.70 bits per heavy atom. The molecule has 0 saturated carbocycles. The van der Waals surface area contributed by atoms with Crippen LogP contribution in [0.5, 0.6) is 0 Å². The minimum absolute atomic E-state index is 0.0435. The maximum absolute atomic E-state index is 14.2. The highest BCUT2D eigenvalue weighted by Gasteiger charge is 2.37. The van der Waals surface area contributed by atoms with Crippen LogP contribution in [0.15, 0.2) is 41.2 Å². The summed E-state index contributed by atoms with van der Waals surface area (Å²) in [5, 5.41) is 2.95. The lowest BCUT2D eigenvalue weighted by atomic mass is 9.86. The van der Waals surface area contributed by atoms with Crippen LogP contribution in [0.25, 0.3) is 11.1 Å². The Labute approximate surface area is 158 Å². The summed E-state index contributed by atoms with van der Waals surface area (Å²) in [4.78, 5) is 14.9. The molecule has 0 spiro atoms. The van der Waals surface area contributed by atoms with Gasteiger partial charge >= 0.3 is 6.09 Å². The van der Waals surface area contributed by atoms with Crippen LogP contribution in [-0.4, -0.2) is 36.7 Å². The number of furan rings is 1. The first-order chi connectivity index (χ1) is 12.9. The number of nitrogens with zero attached hydrogens (tertiary/aromatic N) is 1. The molecule has 4 heterocycles. The quantitative estimate of drug-likeness (QED) is 0.876. The summed E-state index contributed by atoms with van der Waals surface area (Å²) >= 11 is 0. The van der Waals surface area contributed by atoms with Gasteiger partial charge in [-0.3, -0.25) is 4.90 Å². The Bertz CT molecular complexity index is 811. The Balaban J connectivity index is 1.46. The van der Waals surface area contributed by atoms with Gasteiger partial charge in [0.2, 0.25) is 0 Å². The molecule has 3 aliphatic rings. The van der Waals surface area contributed by atoms with Crippen molar-refractivity contribution in [2.75, 3.05) is 19.6 Å². The molecule has 0 radical (unpaired) electrons. The Morgan fingerprint density at radius 2 is 2.07 bits per heavy atom. The molecule has 3 aliphatic heterocycles. The average Bonchev–Trinajstić information content (AvgIpc) is 3.17. The molecule has 1 aromatic carbocycles.